The van der Waals surface area contributed by atoms with E-state index in [4.69, 9.17) is 14.5 Å². The quantitative estimate of drug-likeness (QED) is 0.617. The van der Waals surface area contributed by atoms with Gasteiger partial charge in [0.2, 0.25) is 0 Å². The monoisotopic (exact) mass is 418 g/mol. The van der Waals surface area contributed by atoms with Crippen LogP contribution in [-0.2, 0) is 19.1 Å². The maximum atomic E-state index is 12.5. The summed E-state index contributed by atoms with van der Waals surface area (Å²) in [5, 5.41) is 3.71. The fourth-order valence-electron chi connectivity index (χ4n) is 5.03. The van der Waals surface area contributed by atoms with Gasteiger partial charge in [-0.1, -0.05) is 19.3 Å². The van der Waals surface area contributed by atoms with Gasteiger partial charge in [-0.05, 0) is 71.6 Å². The van der Waals surface area contributed by atoms with E-state index in [-0.39, 0.29) is 29.9 Å². The number of carbonyl (C=O) groups excluding carboxylic acids is 2. The highest BCUT2D eigenvalue weighted by molar-refractivity contribution is 6.02. The molecule has 6 nitrogen and oxygen atoms in total. The fraction of sp³-hybridized carbons (Fsp3) is 0.792. The van der Waals surface area contributed by atoms with Crippen LogP contribution in [0.3, 0.4) is 0 Å². The fourth-order valence-corrected chi connectivity index (χ4v) is 5.03. The lowest BCUT2D eigenvalue weighted by Gasteiger charge is -2.34. The number of nitrogens with one attached hydrogen (secondary N) is 1. The van der Waals surface area contributed by atoms with Crippen LogP contribution in [0.1, 0.15) is 90.9 Å². The Morgan fingerprint density at radius 1 is 0.900 bits per heavy atom. The number of nitrogens with zero attached hydrogens (tertiary/aromatic N) is 1. The van der Waals surface area contributed by atoms with E-state index in [1.807, 2.05) is 13.8 Å². The number of aliphatic imine (C=N–C) groups is 1. The molecule has 0 spiro atoms. The van der Waals surface area contributed by atoms with Gasteiger partial charge in [-0.3, -0.25) is 9.79 Å². The van der Waals surface area contributed by atoms with Gasteiger partial charge in [0.1, 0.15) is 0 Å². The first-order valence-corrected chi connectivity index (χ1v) is 12.0. The van der Waals surface area contributed by atoms with E-state index in [1.165, 1.54) is 6.42 Å². The lowest BCUT2D eigenvalue weighted by molar-refractivity contribution is -0.146. The molecule has 2 saturated carbocycles. The summed E-state index contributed by atoms with van der Waals surface area (Å²) in [5.74, 6) is -0.464. The van der Waals surface area contributed by atoms with Gasteiger partial charge in [0.15, 0.2) is 0 Å². The number of carbonyl (C=O) groups is 2. The second kappa shape index (κ2) is 11.5. The molecule has 30 heavy (non-hydrogen) atoms. The molecule has 0 aromatic carbocycles. The summed E-state index contributed by atoms with van der Waals surface area (Å²) in [6, 6.07) is 0.371. The molecule has 6 heteroatoms. The summed E-state index contributed by atoms with van der Waals surface area (Å²) < 4.78 is 10.6. The van der Waals surface area contributed by atoms with Gasteiger partial charge >= 0.3 is 11.9 Å². The third-order valence-corrected chi connectivity index (χ3v) is 6.56. The minimum atomic E-state index is -0.176. The summed E-state index contributed by atoms with van der Waals surface area (Å²) in [7, 11) is 0. The highest BCUT2D eigenvalue weighted by Gasteiger charge is 2.32. The van der Waals surface area contributed by atoms with Gasteiger partial charge in [-0.15, -0.1) is 0 Å². The molecular weight excluding hydrogens is 380 g/mol. The predicted octanol–water partition coefficient (Wildman–Crippen LogP) is 4.47. The van der Waals surface area contributed by atoms with Gasteiger partial charge in [0, 0.05) is 17.5 Å². The van der Waals surface area contributed by atoms with Gasteiger partial charge in [0.25, 0.3) is 0 Å². The Labute approximate surface area is 180 Å². The smallest absolute Gasteiger partial charge is 0.335 e. The van der Waals surface area contributed by atoms with Crippen LogP contribution in [0.4, 0.5) is 0 Å². The van der Waals surface area contributed by atoms with Crippen molar-refractivity contribution in [3.05, 3.63) is 11.3 Å². The maximum Gasteiger partial charge on any atom is 0.335 e. The van der Waals surface area contributed by atoms with Crippen molar-refractivity contribution in [3.63, 3.8) is 0 Å². The largest absolute Gasteiger partial charge is 0.465 e. The molecule has 1 N–H and O–H groups in total. The van der Waals surface area contributed by atoms with Gasteiger partial charge < -0.3 is 14.8 Å². The average Bonchev–Trinajstić information content (AvgIpc) is 2.76. The maximum absolute atomic E-state index is 12.5. The van der Waals surface area contributed by atoms with Crippen LogP contribution < -0.4 is 5.32 Å². The van der Waals surface area contributed by atoms with Crippen LogP contribution >= 0.6 is 0 Å². The van der Waals surface area contributed by atoms with Crippen LogP contribution in [0, 0.1) is 5.92 Å². The molecule has 0 bridgehead atoms. The standard InChI is InChI=1S/C24H38N2O4/c1-3-29-23(27)17-11-5-7-13-19(17)25-21-15-9-10-16-22(21)26-20-14-8-6-12-18(20)24(28)30-4-2/h17,21-22,26H,3-16H2,1-2H3/t17-,21-,22-/m1/s1. The van der Waals surface area contributed by atoms with E-state index in [0.717, 1.165) is 87.6 Å². The van der Waals surface area contributed by atoms with E-state index in [0.29, 0.717) is 13.2 Å². The molecule has 3 aliphatic rings. The minimum absolute atomic E-state index is 0.115. The van der Waals surface area contributed by atoms with Crippen molar-refractivity contribution >= 4 is 17.7 Å². The van der Waals surface area contributed by atoms with Crippen molar-refractivity contribution in [1.82, 2.24) is 5.32 Å². The summed E-state index contributed by atoms with van der Waals surface area (Å²) in [6.45, 7) is 4.54. The first kappa shape index (κ1) is 22.8. The van der Waals surface area contributed by atoms with Crippen LogP contribution in [0.2, 0.25) is 0 Å². The van der Waals surface area contributed by atoms with Crippen molar-refractivity contribution in [2.75, 3.05) is 13.2 Å². The Hall–Kier alpha value is -1.85. The Kier molecular flexibility index (Phi) is 8.76. The third-order valence-electron chi connectivity index (χ3n) is 6.56. The molecular formula is C24H38N2O4. The van der Waals surface area contributed by atoms with Crippen molar-refractivity contribution in [3.8, 4) is 0 Å². The summed E-state index contributed by atoms with van der Waals surface area (Å²) in [5.41, 5.74) is 2.91. The summed E-state index contributed by atoms with van der Waals surface area (Å²) in [4.78, 5) is 30.0. The lowest BCUT2D eigenvalue weighted by atomic mass is 9.85. The zero-order chi connectivity index (χ0) is 21.3. The Morgan fingerprint density at radius 3 is 2.40 bits per heavy atom. The van der Waals surface area contributed by atoms with Crippen LogP contribution in [0.25, 0.3) is 0 Å². The molecule has 0 heterocycles. The van der Waals surface area contributed by atoms with E-state index in [9.17, 15) is 9.59 Å². The van der Waals surface area contributed by atoms with Crippen molar-refractivity contribution in [2.45, 2.75) is 103 Å². The summed E-state index contributed by atoms with van der Waals surface area (Å²) >= 11 is 0. The first-order valence-electron chi connectivity index (χ1n) is 12.0. The van der Waals surface area contributed by atoms with Gasteiger partial charge in [-0.25, -0.2) is 4.79 Å². The molecule has 168 valence electrons. The normalized spacial score (nSPS) is 28.9. The number of esters is 2. The topological polar surface area (TPSA) is 77.0 Å². The van der Waals surface area contributed by atoms with Crippen molar-refractivity contribution in [2.24, 2.45) is 10.9 Å². The zero-order valence-corrected chi connectivity index (χ0v) is 18.7. The number of hydrogen-bond donors (Lipinski definition) is 1. The van der Waals surface area contributed by atoms with Crippen LogP contribution in [0.5, 0.6) is 0 Å². The number of rotatable bonds is 7. The minimum Gasteiger partial charge on any atom is -0.465 e. The SMILES string of the molecule is CCOC(=O)C1=C(N[C@@H]2CCCC[C@H]2N=C2CCCC[C@H]2C(=O)OCC)CCCC1. The highest BCUT2D eigenvalue weighted by Crippen LogP contribution is 2.30. The molecule has 0 unspecified atom stereocenters. The molecule has 0 aliphatic heterocycles. The predicted molar refractivity (Wildman–Crippen MR) is 117 cm³/mol. The van der Waals surface area contributed by atoms with E-state index >= 15 is 0 Å². The van der Waals surface area contributed by atoms with Crippen molar-refractivity contribution in [1.29, 1.82) is 0 Å². The molecule has 2 fully saturated rings. The molecule has 0 amide bonds. The average molecular weight is 419 g/mol. The molecule has 3 aliphatic carbocycles. The number of hydrogen-bond acceptors (Lipinski definition) is 6. The van der Waals surface area contributed by atoms with E-state index in [1.54, 1.807) is 0 Å². The number of ether oxygens (including phenoxy) is 2. The van der Waals surface area contributed by atoms with Gasteiger partial charge in [0.05, 0.1) is 30.7 Å². The molecule has 0 saturated heterocycles. The van der Waals surface area contributed by atoms with Crippen molar-refractivity contribution < 1.29 is 19.1 Å². The molecule has 0 aromatic rings. The Bertz CT molecular complexity index is 670. The first-order chi connectivity index (χ1) is 14.6. The van der Waals surface area contributed by atoms with Crippen LogP contribution in [0.15, 0.2) is 16.3 Å². The van der Waals surface area contributed by atoms with E-state index in [2.05, 4.69) is 5.32 Å². The zero-order valence-electron chi connectivity index (χ0n) is 18.7. The lowest BCUT2D eigenvalue weighted by Crippen LogP contribution is -2.43. The molecule has 3 atom stereocenters. The highest BCUT2D eigenvalue weighted by atomic mass is 16.5. The second-order valence-electron chi connectivity index (χ2n) is 8.66. The molecule has 0 aromatic heterocycles. The molecule has 0 radical (unpaired) electrons. The van der Waals surface area contributed by atoms with E-state index < -0.39 is 0 Å². The van der Waals surface area contributed by atoms with Crippen LogP contribution in [-0.4, -0.2) is 42.9 Å². The Balaban J connectivity index is 1.77. The van der Waals surface area contributed by atoms with Gasteiger partial charge in [-0.2, -0.15) is 0 Å². The molecule has 3 rings (SSSR count). The Morgan fingerprint density at radius 2 is 1.60 bits per heavy atom. The third kappa shape index (κ3) is 5.86. The summed E-state index contributed by atoms with van der Waals surface area (Å²) in [6.07, 6.45) is 12.1. The number of allylic oxidation sites excluding steroid dienone is 1. The second-order valence-corrected chi connectivity index (χ2v) is 8.66.